The second-order valence-electron chi connectivity index (χ2n) is 4.47. The number of carbonyl (C=O) groups excluding carboxylic acids is 2. The molecule has 1 rings (SSSR count). The number of nitrogens with zero attached hydrogens (tertiary/aromatic N) is 2. The van der Waals surface area contributed by atoms with E-state index in [9.17, 15) is 9.59 Å². The van der Waals surface area contributed by atoms with Crippen LogP contribution in [-0.2, 0) is 9.53 Å². The first kappa shape index (κ1) is 11.5. The van der Waals surface area contributed by atoms with Crippen LogP contribution in [0, 0.1) is 6.57 Å². The number of rotatable bonds is 0. The summed E-state index contributed by atoms with van der Waals surface area (Å²) in [7, 11) is 0. The second-order valence-corrected chi connectivity index (χ2v) is 4.47. The van der Waals surface area contributed by atoms with Gasteiger partial charge in [-0.05, 0) is 20.8 Å². The molecule has 5 nitrogen and oxygen atoms in total. The van der Waals surface area contributed by atoms with E-state index in [1.807, 2.05) is 0 Å². The maximum absolute atomic E-state index is 11.5. The average molecular weight is 210 g/mol. The van der Waals surface area contributed by atoms with E-state index >= 15 is 0 Å². The molecule has 1 fully saturated rings. The molecule has 0 aromatic carbocycles. The number of ether oxygens (including phenoxy) is 1. The lowest BCUT2D eigenvalue weighted by Crippen LogP contribution is -2.35. The van der Waals surface area contributed by atoms with Crippen LogP contribution in [0.1, 0.15) is 20.8 Å². The molecule has 0 aromatic heterocycles. The summed E-state index contributed by atoms with van der Waals surface area (Å²) in [4.78, 5) is 27.2. The van der Waals surface area contributed by atoms with Gasteiger partial charge in [0.1, 0.15) is 12.1 Å². The van der Waals surface area contributed by atoms with Crippen LogP contribution in [0.5, 0.6) is 0 Å². The number of carbonyl (C=O) groups is 2. The first-order valence-electron chi connectivity index (χ1n) is 4.70. The number of Topliss-reactive ketones (excluding diaryl/α,β-unsaturated/α-hetero) is 1. The lowest BCUT2D eigenvalue weighted by Gasteiger charge is -2.23. The van der Waals surface area contributed by atoms with Gasteiger partial charge in [-0.25, -0.2) is 11.4 Å². The van der Waals surface area contributed by atoms with Crippen LogP contribution in [0.4, 0.5) is 4.79 Å². The SMILES string of the molecule is [C-]#[N+]C1CN(C(=O)OC(C)(C)C)CC1=O. The third kappa shape index (κ3) is 2.94. The van der Waals surface area contributed by atoms with Crippen molar-refractivity contribution in [3.8, 4) is 0 Å². The molecule has 0 bridgehead atoms. The molecular formula is C10H14N2O3. The zero-order chi connectivity index (χ0) is 11.6. The zero-order valence-corrected chi connectivity index (χ0v) is 9.11. The number of hydrogen-bond donors (Lipinski definition) is 0. The summed E-state index contributed by atoms with van der Waals surface area (Å²) in [5.41, 5.74) is -0.573. The quantitative estimate of drug-likeness (QED) is 0.562. The molecule has 1 saturated heterocycles. The van der Waals surface area contributed by atoms with Gasteiger partial charge in [0, 0.05) is 0 Å². The molecule has 0 aliphatic carbocycles. The van der Waals surface area contributed by atoms with Gasteiger partial charge in [0.25, 0.3) is 6.04 Å². The van der Waals surface area contributed by atoms with E-state index in [0.717, 1.165) is 0 Å². The molecule has 15 heavy (non-hydrogen) atoms. The minimum absolute atomic E-state index is 0.0119. The van der Waals surface area contributed by atoms with Crippen molar-refractivity contribution in [3.63, 3.8) is 0 Å². The summed E-state index contributed by atoms with van der Waals surface area (Å²) in [5, 5.41) is 0. The molecule has 1 aliphatic rings. The molecule has 82 valence electrons. The van der Waals surface area contributed by atoms with Crippen LogP contribution in [-0.4, -0.2) is 41.5 Å². The number of ketones is 1. The van der Waals surface area contributed by atoms with E-state index < -0.39 is 17.7 Å². The molecule has 0 aromatic rings. The van der Waals surface area contributed by atoms with Gasteiger partial charge in [-0.3, -0.25) is 9.69 Å². The lowest BCUT2D eigenvalue weighted by molar-refractivity contribution is -0.117. The molecule has 1 atom stereocenters. The molecule has 0 radical (unpaired) electrons. The lowest BCUT2D eigenvalue weighted by atomic mass is 10.2. The van der Waals surface area contributed by atoms with Crippen molar-refractivity contribution < 1.29 is 14.3 Å². The van der Waals surface area contributed by atoms with Crippen LogP contribution in [0.2, 0.25) is 0 Å². The van der Waals surface area contributed by atoms with Crippen molar-refractivity contribution in [2.24, 2.45) is 0 Å². The predicted molar refractivity (Wildman–Crippen MR) is 53.2 cm³/mol. The summed E-state index contributed by atoms with van der Waals surface area (Å²) in [6.45, 7) is 12.2. The Morgan fingerprint density at radius 2 is 2.20 bits per heavy atom. The molecular weight excluding hydrogens is 196 g/mol. The highest BCUT2D eigenvalue weighted by Gasteiger charge is 2.39. The first-order valence-corrected chi connectivity index (χ1v) is 4.70. The van der Waals surface area contributed by atoms with Crippen molar-refractivity contribution in [3.05, 3.63) is 11.4 Å². The normalized spacial score (nSPS) is 21.3. The van der Waals surface area contributed by atoms with E-state index in [0.29, 0.717) is 0 Å². The minimum atomic E-state index is -0.711. The molecule has 0 spiro atoms. The van der Waals surface area contributed by atoms with Crippen molar-refractivity contribution in [1.82, 2.24) is 4.90 Å². The zero-order valence-electron chi connectivity index (χ0n) is 9.11. The van der Waals surface area contributed by atoms with Crippen molar-refractivity contribution in [2.75, 3.05) is 13.1 Å². The highest BCUT2D eigenvalue weighted by Crippen LogP contribution is 2.14. The molecule has 0 saturated carbocycles. The summed E-state index contributed by atoms with van der Waals surface area (Å²) in [6, 6.07) is -0.711. The van der Waals surface area contributed by atoms with Crippen molar-refractivity contribution >= 4 is 11.9 Å². The summed E-state index contributed by atoms with van der Waals surface area (Å²) in [5.74, 6) is -0.212. The summed E-state index contributed by atoms with van der Waals surface area (Å²) in [6.07, 6.45) is -0.526. The second kappa shape index (κ2) is 3.89. The van der Waals surface area contributed by atoms with Crippen molar-refractivity contribution in [2.45, 2.75) is 32.4 Å². The van der Waals surface area contributed by atoms with Crippen LogP contribution in [0.25, 0.3) is 4.85 Å². The largest absolute Gasteiger partial charge is 0.444 e. The number of hydrogen-bond acceptors (Lipinski definition) is 3. The summed E-state index contributed by atoms with van der Waals surface area (Å²) < 4.78 is 5.09. The Bertz CT molecular complexity index is 325. The van der Waals surface area contributed by atoms with E-state index in [2.05, 4.69) is 4.85 Å². The van der Waals surface area contributed by atoms with Crippen LogP contribution in [0.3, 0.4) is 0 Å². The predicted octanol–water partition coefficient (Wildman–Crippen LogP) is 1.09. The Morgan fingerprint density at radius 1 is 1.60 bits per heavy atom. The fourth-order valence-corrected chi connectivity index (χ4v) is 1.25. The fraction of sp³-hybridized carbons (Fsp3) is 0.700. The van der Waals surface area contributed by atoms with Crippen LogP contribution in [0.15, 0.2) is 0 Å². The highest BCUT2D eigenvalue weighted by molar-refractivity contribution is 5.93. The standard InChI is InChI=1S/C10H14N2O3/c1-10(2,3)15-9(14)12-5-7(11-4)8(13)6-12/h7H,5-6H2,1-3H3. The average Bonchev–Trinajstić information content (AvgIpc) is 2.43. The Morgan fingerprint density at radius 3 is 2.60 bits per heavy atom. The topological polar surface area (TPSA) is 51.0 Å². The third-order valence-electron chi connectivity index (χ3n) is 1.92. The van der Waals surface area contributed by atoms with Gasteiger partial charge in [-0.2, -0.15) is 0 Å². The van der Waals surface area contributed by atoms with Gasteiger partial charge in [-0.1, -0.05) is 0 Å². The Kier molecular flexibility index (Phi) is 2.98. The number of likely N-dealkylation sites (tertiary alicyclic amines) is 1. The Balaban J connectivity index is 2.58. The Hall–Kier alpha value is -1.57. The van der Waals surface area contributed by atoms with E-state index in [1.54, 1.807) is 20.8 Å². The van der Waals surface area contributed by atoms with E-state index in [-0.39, 0.29) is 18.9 Å². The molecule has 5 heteroatoms. The maximum Gasteiger partial charge on any atom is 0.410 e. The molecule has 1 amide bonds. The fourth-order valence-electron chi connectivity index (χ4n) is 1.25. The highest BCUT2D eigenvalue weighted by atomic mass is 16.6. The molecule has 1 heterocycles. The van der Waals surface area contributed by atoms with E-state index in [4.69, 9.17) is 11.3 Å². The van der Waals surface area contributed by atoms with E-state index in [1.165, 1.54) is 4.90 Å². The molecule has 0 N–H and O–H groups in total. The smallest absolute Gasteiger partial charge is 0.410 e. The summed E-state index contributed by atoms with van der Waals surface area (Å²) >= 11 is 0. The van der Waals surface area contributed by atoms with Gasteiger partial charge in [-0.15, -0.1) is 0 Å². The minimum Gasteiger partial charge on any atom is -0.444 e. The first-order chi connectivity index (χ1) is 6.83. The van der Waals surface area contributed by atoms with Gasteiger partial charge in [0.15, 0.2) is 0 Å². The maximum atomic E-state index is 11.5. The third-order valence-corrected chi connectivity index (χ3v) is 1.92. The van der Waals surface area contributed by atoms with Crippen LogP contribution >= 0.6 is 0 Å². The van der Waals surface area contributed by atoms with Crippen LogP contribution < -0.4 is 0 Å². The van der Waals surface area contributed by atoms with Gasteiger partial charge >= 0.3 is 6.09 Å². The monoisotopic (exact) mass is 210 g/mol. The number of amides is 1. The van der Waals surface area contributed by atoms with Crippen molar-refractivity contribution in [1.29, 1.82) is 0 Å². The Labute approximate surface area is 88.8 Å². The van der Waals surface area contributed by atoms with Gasteiger partial charge in [0.05, 0.1) is 6.54 Å². The van der Waals surface area contributed by atoms with Gasteiger partial charge in [0.2, 0.25) is 5.78 Å². The van der Waals surface area contributed by atoms with Gasteiger partial charge < -0.3 is 9.58 Å². The molecule has 1 unspecified atom stereocenters. The molecule has 1 aliphatic heterocycles.